The van der Waals surface area contributed by atoms with E-state index >= 15 is 0 Å². The highest BCUT2D eigenvalue weighted by Crippen LogP contribution is 2.48. The number of aryl methyl sites for hydroxylation is 1. The molecule has 2 unspecified atom stereocenters. The number of nitrogens with zero attached hydrogens (tertiary/aromatic N) is 2. The third-order valence-electron chi connectivity index (χ3n) is 8.12. The number of rotatable bonds is 5. The van der Waals surface area contributed by atoms with Gasteiger partial charge >= 0.3 is 0 Å². The van der Waals surface area contributed by atoms with E-state index in [0.29, 0.717) is 13.1 Å². The average Bonchev–Trinajstić information content (AvgIpc) is 3.33. The van der Waals surface area contributed by atoms with Crippen molar-refractivity contribution in [2.75, 3.05) is 20.2 Å². The van der Waals surface area contributed by atoms with Gasteiger partial charge in [-0.15, -0.1) is 0 Å². The smallest absolute Gasteiger partial charge is 0.255 e. The molecular weight excluding hydrogens is 462 g/mol. The summed E-state index contributed by atoms with van der Waals surface area (Å²) in [6.45, 7) is 4.92. The number of piperazine rings is 1. The molecule has 1 aromatic heterocycles. The minimum Gasteiger partial charge on any atom is -0.497 e. The van der Waals surface area contributed by atoms with E-state index in [1.165, 1.54) is 5.56 Å². The van der Waals surface area contributed by atoms with E-state index in [0.717, 1.165) is 45.5 Å². The normalized spacial score (nSPS) is 21.2. The number of aromatic nitrogens is 1. The lowest BCUT2D eigenvalue weighted by atomic mass is 9.76. The highest BCUT2D eigenvalue weighted by molar-refractivity contribution is 6.01. The molecule has 0 spiro atoms. The second-order valence-corrected chi connectivity index (χ2v) is 10.2. The highest BCUT2D eigenvalue weighted by Gasteiger charge is 2.56. The summed E-state index contributed by atoms with van der Waals surface area (Å²) in [5.74, 6) is 0.604. The van der Waals surface area contributed by atoms with Crippen LogP contribution >= 0.6 is 0 Å². The minimum atomic E-state index is -1.11. The first-order valence-corrected chi connectivity index (χ1v) is 12.9. The van der Waals surface area contributed by atoms with Crippen LogP contribution in [0.3, 0.4) is 0 Å². The van der Waals surface area contributed by atoms with Crippen LogP contribution in [-0.4, -0.2) is 46.8 Å². The molecule has 6 heteroatoms. The van der Waals surface area contributed by atoms with E-state index in [9.17, 15) is 9.59 Å². The van der Waals surface area contributed by atoms with Crippen molar-refractivity contribution in [2.24, 2.45) is 0 Å². The van der Waals surface area contributed by atoms with Gasteiger partial charge in [-0.2, -0.15) is 0 Å². The fourth-order valence-corrected chi connectivity index (χ4v) is 6.08. The zero-order valence-corrected chi connectivity index (χ0v) is 21.5. The van der Waals surface area contributed by atoms with Gasteiger partial charge in [-0.1, -0.05) is 61.5 Å². The van der Waals surface area contributed by atoms with Gasteiger partial charge in [0.25, 0.3) is 5.91 Å². The van der Waals surface area contributed by atoms with Gasteiger partial charge in [0.1, 0.15) is 12.3 Å². The lowest BCUT2D eigenvalue weighted by Crippen LogP contribution is -2.67. The summed E-state index contributed by atoms with van der Waals surface area (Å²) in [6.07, 6.45) is 0.976. The molecule has 1 fully saturated rings. The number of hydrogen-bond donors (Lipinski definition) is 1. The first kappa shape index (κ1) is 23.3. The van der Waals surface area contributed by atoms with E-state index in [-0.39, 0.29) is 24.3 Å². The zero-order valence-electron chi connectivity index (χ0n) is 21.5. The monoisotopic (exact) mass is 493 g/mol. The van der Waals surface area contributed by atoms with E-state index < -0.39 is 5.54 Å². The fourth-order valence-electron chi connectivity index (χ4n) is 6.08. The number of aromatic amines is 1. The quantitative estimate of drug-likeness (QED) is 0.427. The van der Waals surface area contributed by atoms with Gasteiger partial charge in [0.2, 0.25) is 5.91 Å². The van der Waals surface area contributed by atoms with Crippen molar-refractivity contribution < 1.29 is 14.3 Å². The van der Waals surface area contributed by atoms with Gasteiger partial charge in [-0.25, -0.2) is 0 Å². The number of nitrogens with one attached hydrogen (secondary N) is 1. The lowest BCUT2D eigenvalue weighted by Gasteiger charge is -2.51. The van der Waals surface area contributed by atoms with Gasteiger partial charge in [0.15, 0.2) is 5.54 Å². The molecule has 1 N–H and O–H groups in total. The molecule has 0 saturated carbocycles. The Labute approximate surface area is 216 Å². The number of ether oxygens (including phenoxy) is 1. The van der Waals surface area contributed by atoms with Gasteiger partial charge < -0.3 is 19.5 Å². The number of methoxy groups -OCH3 is 1. The second-order valence-electron chi connectivity index (χ2n) is 10.2. The van der Waals surface area contributed by atoms with Crippen molar-refractivity contribution in [2.45, 2.75) is 38.3 Å². The number of para-hydroxylation sites is 1. The molecule has 188 valence electrons. The van der Waals surface area contributed by atoms with Gasteiger partial charge in [-0.05, 0) is 53.8 Å². The number of amides is 2. The van der Waals surface area contributed by atoms with Crippen molar-refractivity contribution in [3.8, 4) is 5.75 Å². The molecule has 0 radical (unpaired) electrons. The van der Waals surface area contributed by atoms with E-state index in [1.54, 1.807) is 16.9 Å². The Balaban J connectivity index is 1.47. The van der Waals surface area contributed by atoms with Crippen molar-refractivity contribution >= 4 is 22.7 Å². The van der Waals surface area contributed by atoms with Crippen LogP contribution in [0.5, 0.6) is 5.75 Å². The molecule has 2 amide bonds. The van der Waals surface area contributed by atoms with Crippen molar-refractivity contribution in [1.82, 2.24) is 14.8 Å². The summed E-state index contributed by atoms with van der Waals surface area (Å²) in [5.41, 5.74) is 5.17. The van der Waals surface area contributed by atoms with Gasteiger partial charge in [0.05, 0.1) is 12.8 Å². The predicted molar refractivity (Wildman–Crippen MR) is 143 cm³/mol. The molecule has 4 aromatic rings. The first-order chi connectivity index (χ1) is 17.9. The van der Waals surface area contributed by atoms with Crippen molar-refractivity contribution in [3.05, 3.63) is 101 Å². The topological polar surface area (TPSA) is 65.6 Å². The highest BCUT2D eigenvalue weighted by atomic mass is 16.5. The second kappa shape index (κ2) is 8.80. The largest absolute Gasteiger partial charge is 0.497 e. The Morgan fingerprint density at radius 2 is 1.78 bits per heavy atom. The summed E-state index contributed by atoms with van der Waals surface area (Å²) in [7, 11) is 1.62. The van der Waals surface area contributed by atoms with Crippen molar-refractivity contribution in [3.63, 3.8) is 0 Å². The predicted octanol–water partition coefficient (Wildman–Crippen LogP) is 4.97. The Morgan fingerprint density at radius 3 is 2.54 bits per heavy atom. The van der Waals surface area contributed by atoms with Crippen LogP contribution in [0.2, 0.25) is 0 Å². The molecular formula is C31H31N3O3. The number of hydrogen-bond acceptors (Lipinski definition) is 3. The molecule has 2 aliphatic heterocycles. The van der Waals surface area contributed by atoms with E-state index in [4.69, 9.17) is 4.74 Å². The molecule has 0 aliphatic carbocycles. The Morgan fingerprint density at radius 1 is 1.00 bits per heavy atom. The van der Waals surface area contributed by atoms with Crippen LogP contribution < -0.4 is 4.74 Å². The van der Waals surface area contributed by atoms with Crippen LogP contribution in [0.4, 0.5) is 0 Å². The summed E-state index contributed by atoms with van der Waals surface area (Å²) in [6, 6.07) is 24.5. The summed E-state index contributed by atoms with van der Waals surface area (Å²) < 4.78 is 5.36. The molecule has 0 bridgehead atoms. The minimum absolute atomic E-state index is 0.0215. The molecule has 6 nitrogen and oxygen atoms in total. The maximum Gasteiger partial charge on any atom is 0.255 e. The molecule has 2 aliphatic rings. The van der Waals surface area contributed by atoms with E-state index in [1.807, 2.05) is 49.4 Å². The maximum absolute atomic E-state index is 14.2. The molecule has 1 saturated heterocycles. The molecule has 3 aromatic carbocycles. The Bertz CT molecular complexity index is 1510. The van der Waals surface area contributed by atoms with Gasteiger partial charge in [-0.3, -0.25) is 9.59 Å². The zero-order chi connectivity index (χ0) is 25.7. The number of carbonyl (C=O) groups excluding carboxylic acids is 2. The number of carbonyl (C=O) groups is 2. The van der Waals surface area contributed by atoms with E-state index in [2.05, 4.69) is 42.2 Å². The van der Waals surface area contributed by atoms with Crippen LogP contribution in [0.15, 0.2) is 72.8 Å². The lowest BCUT2D eigenvalue weighted by molar-refractivity contribution is -0.166. The number of H-pyrrole nitrogens is 1. The summed E-state index contributed by atoms with van der Waals surface area (Å²) in [4.78, 5) is 35.0. The molecule has 3 heterocycles. The van der Waals surface area contributed by atoms with Crippen molar-refractivity contribution in [1.29, 1.82) is 0 Å². The summed E-state index contributed by atoms with van der Waals surface area (Å²) >= 11 is 0. The summed E-state index contributed by atoms with van der Waals surface area (Å²) in [5, 5.41) is 1.10. The molecule has 6 rings (SSSR count). The molecule has 37 heavy (non-hydrogen) atoms. The third kappa shape index (κ3) is 3.62. The van der Waals surface area contributed by atoms with Crippen LogP contribution in [0, 0.1) is 0 Å². The van der Waals surface area contributed by atoms with Crippen LogP contribution in [0.1, 0.15) is 47.7 Å². The van der Waals surface area contributed by atoms with Gasteiger partial charge in [0, 0.05) is 29.9 Å². The van der Waals surface area contributed by atoms with Crippen LogP contribution in [0.25, 0.3) is 10.9 Å². The standard InChI is InChI=1S/C31H31N3O3/c1-4-20-12-14-22(15-13-20)25-18-34-27(35)19-33(17-21-8-7-9-23(16-21)37-3)30(36)31(34,2)29-28(25)24-10-5-6-11-26(24)32-29/h5-16,25,32H,4,17-19H2,1-3H3. The fraction of sp³-hybridized carbons (Fsp3) is 0.290. The van der Waals surface area contributed by atoms with Crippen LogP contribution in [-0.2, 0) is 28.1 Å². The number of fused-ring (bicyclic) bond motifs is 5. The molecule has 2 atom stereocenters. The average molecular weight is 494 g/mol. The third-order valence-corrected chi connectivity index (χ3v) is 8.12. The maximum atomic E-state index is 14.2. The Hall–Kier alpha value is -4.06. The SMILES string of the molecule is CCc1ccc(C2CN3C(=O)CN(Cc4cccc(OC)c4)C(=O)C3(C)c3[nH]c4ccccc4c32)cc1. The first-order valence-electron chi connectivity index (χ1n) is 12.9. The Kier molecular flexibility index (Phi) is 5.55. The number of benzene rings is 3.